The lowest BCUT2D eigenvalue weighted by Crippen LogP contribution is -2.08. The zero-order chi connectivity index (χ0) is 19.1. The lowest BCUT2D eigenvalue weighted by Gasteiger charge is -2.09. The Bertz CT molecular complexity index is 1200. The molecular weight excluding hydrogens is 364 g/mol. The van der Waals surface area contributed by atoms with Gasteiger partial charge in [-0.3, -0.25) is 9.78 Å². The number of hydrogen-bond acceptors (Lipinski definition) is 5. The van der Waals surface area contributed by atoms with Gasteiger partial charge in [0.1, 0.15) is 11.6 Å². The number of nitrogens with zero attached hydrogens (tertiary/aromatic N) is 3. The van der Waals surface area contributed by atoms with Crippen molar-refractivity contribution in [1.29, 1.82) is 0 Å². The summed E-state index contributed by atoms with van der Waals surface area (Å²) in [5.74, 6) is -0.300. The van der Waals surface area contributed by atoms with Gasteiger partial charge in [0.2, 0.25) is 5.78 Å². The topological polar surface area (TPSA) is 94.0 Å². The molecule has 0 amide bonds. The maximum atomic E-state index is 12.9. The fraction of sp³-hybridized carbons (Fsp3) is 0.0500. The Morgan fingerprint density at radius 1 is 1.15 bits per heavy atom. The molecule has 2 aromatic heterocycles. The molecule has 0 aliphatic carbocycles. The number of phenols is 1. The molecule has 0 radical (unpaired) electrons. The van der Waals surface area contributed by atoms with E-state index in [4.69, 9.17) is 17.3 Å². The molecule has 0 aliphatic rings. The number of nitrogen functional groups attached to an aromatic ring is 1. The molecule has 0 saturated carbocycles. The van der Waals surface area contributed by atoms with Crippen molar-refractivity contribution in [3.05, 3.63) is 76.6 Å². The SMILES string of the molecule is Cc1ccc(O)c(C(=O)c2cnn(-c3ccnc4cc(Cl)ccc34)c2N)c1. The Hall–Kier alpha value is -3.38. The van der Waals surface area contributed by atoms with Gasteiger partial charge in [0.25, 0.3) is 0 Å². The molecule has 2 heterocycles. The summed E-state index contributed by atoms with van der Waals surface area (Å²) in [5.41, 5.74) is 8.88. The zero-order valence-corrected chi connectivity index (χ0v) is 15.1. The first-order valence-corrected chi connectivity index (χ1v) is 8.56. The maximum Gasteiger partial charge on any atom is 0.202 e. The van der Waals surface area contributed by atoms with Crippen LogP contribution < -0.4 is 5.73 Å². The van der Waals surface area contributed by atoms with Gasteiger partial charge in [-0.05, 0) is 43.3 Å². The summed E-state index contributed by atoms with van der Waals surface area (Å²) in [7, 11) is 0. The molecule has 0 bridgehead atoms. The Labute approximate surface area is 159 Å². The van der Waals surface area contributed by atoms with E-state index in [-0.39, 0.29) is 28.5 Å². The van der Waals surface area contributed by atoms with Crippen LogP contribution in [0, 0.1) is 6.92 Å². The van der Waals surface area contributed by atoms with Crippen LogP contribution in [0.5, 0.6) is 5.75 Å². The van der Waals surface area contributed by atoms with Crippen LogP contribution in [0.15, 0.2) is 54.9 Å². The molecule has 0 fully saturated rings. The van der Waals surface area contributed by atoms with Crippen LogP contribution >= 0.6 is 11.6 Å². The summed E-state index contributed by atoms with van der Waals surface area (Å²) < 4.78 is 1.48. The maximum absolute atomic E-state index is 12.9. The average molecular weight is 379 g/mol. The van der Waals surface area contributed by atoms with E-state index in [1.54, 1.807) is 36.5 Å². The standard InChI is InChI=1S/C20H15ClN4O2/c1-11-2-5-18(26)14(8-11)19(27)15-10-24-25(20(15)22)17-6-7-23-16-9-12(21)3-4-13(16)17/h2-10,26H,22H2,1H3. The summed E-state index contributed by atoms with van der Waals surface area (Å²) in [4.78, 5) is 17.2. The number of fused-ring (bicyclic) bond motifs is 1. The van der Waals surface area contributed by atoms with Crippen molar-refractivity contribution >= 4 is 34.1 Å². The van der Waals surface area contributed by atoms with Gasteiger partial charge in [0.05, 0.1) is 28.5 Å². The third kappa shape index (κ3) is 2.90. The Morgan fingerprint density at radius 2 is 1.96 bits per heavy atom. The van der Waals surface area contributed by atoms with E-state index < -0.39 is 0 Å². The second-order valence-electron chi connectivity index (χ2n) is 6.20. The molecule has 134 valence electrons. The number of benzene rings is 2. The zero-order valence-electron chi connectivity index (χ0n) is 14.3. The summed E-state index contributed by atoms with van der Waals surface area (Å²) in [6.45, 7) is 1.84. The summed E-state index contributed by atoms with van der Waals surface area (Å²) in [5, 5.41) is 15.7. The van der Waals surface area contributed by atoms with Gasteiger partial charge < -0.3 is 10.8 Å². The highest BCUT2D eigenvalue weighted by Gasteiger charge is 2.21. The van der Waals surface area contributed by atoms with E-state index in [0.717, 1.165) is 10.9 Å². The van der Waals surface area contributed by atoms with E-state index in [1.807, 2.05) is 13.0 Å². The number of rotatable bonds is 3. The number of anilines is 1. The molecule has 3 N–H and O–H groups in total. The number of nitrogens with two attached hydrogens (primary N) is 1. The molecule has 0 atom stereocenters. The molecule has 0 unspecified atom stereocenters. The fourth-order valence-corrected chi connectivity index (χ4v) is 3.16. The molecule has 4 rings (SSSR count). The molecule has 27 heavy (non-hydrogen) atoms. The van der Waals surface area contributed by atoms with Crippen molar-refractivity contribution in [1.82, 2.24) is 14.8 Å². The molecular formula is C20H15ClN4O2. The number of ketones is 1. The lowest BCUT2D eigenvalue weighted by atomic mass is 10.0. The quantitative estimate of drug-likeness (QED) is 0.527. The number of aryl methyl sites for hydroxylation is 1. The van der Waals surface area contributed by atoms with Crippen LogP contribution in [-0.4, -0.2) is 25.7 Å². The summed E-state index contributed by atoms with van der Waals surface area (Å²) in [6.07, 6.45) is 3.03. The van der Waals surface area contributed by atoms with Crippen LogP contribution in [0.25, 0.3) is 16.6 Å². The fourth-order valence-electron chi connectivity index (χ4n) is 2.99. The highest BCUT2D eigenvalue weighted by atomic mass is 35.5. The van der Waals surface area contributed by atoms with Gasteiger partial charge in [-0.1, -0.05) is 23.2 Å². The number of hydrogen-bond donors (Lipinski definition) is 2. The number of pyridine rings is 1. The Kier molecular flexibility index (Phi) is 4.05. The van der Waals surface area contributed by atoms with Gasteiger partial charge in [0.15, 0.2) is 0 Å². The highest BCUT2D eigenvalue weighted by molar-refractivity contribution is 6.31. The van der Waals surface area contributed by atoms with E-state index >= 15 is 0 Å². The average Bonchev–Trinajstić information content (AvgIpc) is 3.03. The smallest absolute Gasteiger partial charge is 0.202 e. The Morgan fingerprint density at radius 3 is 2.78 bits per heavy atom. The van der Waals surface area contributed by atoms with Gasteiger partial charge in [-0.25, -0.2) is 4.68 Å². The van der Waals surface area contributed by atoms with Crippen molar-refractivity contribution in [3.63, 3.8) is 0 Å². The van der Waals surface area contributed by atoms with Crippen LogP contribution in [0.2, 0.25) is 5.02 Å². The van der Waals surface area contributed by atoms with Crippen molar-refractivity contribution in [3.8, 4) is 11.4 Å². The monoisotopic (exact) mass is 378 g/mol. The molecule has 2 aromatic carbocycles. The van der Waals surface area contributed by atoms with Crippen molar-refractivity contribution in [2.45, 2.75) is 6.92 Å². The number of aromatic hydroxyl groups is 1. The molecule has 0 spiro atoms. The third-order valence-corrected chi connectivity index (χ3v) is 4.59. The predicted molar refractivity (Wildman–Crippen MR) is 105 cm³/mol. The number of carbonyl (C=O) groups excluding carboxylic acids is 1. The van der Waals surface area contributed by atoms with E-state index in [9.17, 15) is 9.90 Å². The van der Waals surface area contributed by atoms with Gasteiger partial charge in [0, 0.05) is 16.6 Å². The van der Waals surface area contributed by atoms with Crippen LogP contribution in [0.1, 0.15) is 21.5 Å². The molecule has 0 aliphatic heterocycles. The second-order valence-corrected chi connectivity index (χ2v) is 6.63. The number of phenolic OH excluding ortho intramolecular Hbond substituents is 1. The number of aromatic nitrogens is 3. The first kappa shape index (κ1) is 17.1. The molecule has 4 aromatic rings. The van der Waals surface area contributed by atoms with Gasteiger partial charge in [-0.2, -0.15) is 5.10 Å². The van der Waals surface area contributed by atoms with Crippen LogP contribution in [-0.2, 0) is 0 Å². The Balaban J connectivity index is 1.84. The van der Waals surface area contributed by atoms with Crippen molar-refractivity contribution in [2.75, 3.05) is 5.73 Å². The number of halogens is 1. The largest absolute Gasteiger partial charge is 0.507 e. The van der Waals surface area contributed by atoms with E-state index in [1.165, 1.54) is 16.9 Å². The van der Waals surface area contributed by atoms with Crippen molar-refractivity contribution < 1.29 is 9.90 Å². The minimum atomic E-state index is -0.388. The first-order chi connectivity index (χ1) is 13.0. The minimum absolute atomic E-state index is 0.0956. The number of carbonyl (C=O) groups is 1. The molecule has 6 nitrogen and oxygen atoms in total. The first-order valence-electron chi connectivity index (χ1n) is 8.18. The predicted octanol–water partition coefficient (Wildman–Crippen LogP) is 3.90. The molecule has 0 saturated heterocycles. The minimum Gasteiger partial charge on any atom is -0.507 e. The summed E-state index contributed by atoms with van der Waals surface area (Å²) in [6, 6.07) is 11.9. The van der Waals surface area contributed by atoms with Gasteiger partial charge in [-0.15, -0.1) is 0 Å². The van der Waals surface area contributed by atoms with Crippen LogP contribution in [0.4, 0.5) is 5.82 Å². The highest BCUT2D eigenvalue weighted by Crippen LogP contribution is 2.28. The van der Waals surface area contributed by atoms with Crippen LogP contribution in [0.3, 0.4) is 0 Å². The molecule has 7 heteroatoms. The third-order valence-electron chi connectivity index (χ3n) is 4.36. The van der Waals surface area contributed by atoms with E-state index in [2.05, 4.69) is 10.1 Å². The lowest BCUT2D eigenvalue weighted by molar-refractivity contribution is 0.103. The second kappa shape index (κ2) is 6.41. The van der Waals surface area contributed by atoms with E-state index in [0.29, 0.717) is 16.2 Å². The normalized spacial score (nSPS) is 11.0. The summed E-state index contributed by atoms with van der Waals surface area (Å²) >= 11 is 6.03. The van der Waals surface area contributed by atoms with Crippen molar-refractivity contribution in [2.24, 2.45) is 0 Å². The van der Waals surface area contributed by atoms with Gasteiger partial charge >= 0.3 is 0 Å².